The van der Waals surface area contributed by atoms with Crippen LogP contribution < -0.4 is 4.74 Å². The maximum absolute atomic E-state index is 13.0. The summed E-state index contributed by atoms with van der Waals surface area (Å²) in [5.41, 5.74) is 0. The van der Waals surface area contributed by atoms with Crippen molar-refractivity contribution in [3.63, 3.8) is 0 Å². The molecule has 5 nitrogen and oxygen atoms in total. The number of ether oxygens (including phenoxy) is 1. The molecule has 0 spiro atoms. The Morgan fingerprint density at radius 3 is 2.85 bits per heavy atom. The van der Waals surface area contributed by atoms with Crippen molar-refractivity contribution >= 4 is 0 Å². The molecule has 0 atom stereocenters. The fourth-order valence-electron chi connectivity index (χ4n) is 0.822. The van der Waals surface area contributed by atoms with Gasteiger partial charge in [0.05, 0.1) is 0 Å². The Morgan fingerprint density at radius 2 is 2.15 bits per heavy atom. The van der Waals surface area contributed by atoms with E-state index >= 15 is 0 Å². The third-order valence-electron chi connectivity index (χ3n) is 1.36. The first-order valence-electron chi connectivity index (χ1n) is 3.52. The van der Waals surface area contributed by atoms with E-state index in [-0.39, 0.29) is 11.8 Å². The average Bonchev–Trinajstić information content (AvgIpc) is 2.61. The van der Waals surface area contributed by atoms with Crippen molar-refractivity contribution in [2.45, 2.75) is 0 Å². The van der Waals surface area contributed by atoms with Crippen LogP contribution in [0.25, 0.3) is 0 Å². The van der Waals surface area contributed by atoms with Crippen molar-refractivity contribution < 1.29 is 9.13 Å². The van der Waals surface area contributed by atoms with Crippen molar-refractivity contribution in [2.75, 3.05) is 0 Å². The predicted octanol–water partition coefficient (Wildman–Crippen LogP) is 1.13. The Kier molecular flexibility index (Phi) is 1.87. The fraction of sp³-hybridized carbons (Fsp3) is 0. The van der Waals surface area contributed by atoms with Crippen LogP contribution in [0.4, 0.5) is 4.39 Å². The van der Waals surface area contributed by atoms with Crippen LogP contribution >= 0.6 is 0 Å². The maximum Gasteiger partial charge on any atom is 0.361 e. The van der Waals surface area contributed by atoms with E-state index in [0.717, 1.165) is 0 Å². The molecule has 0 aliphatic carbocycles. The van der Waals surface area contributed by atoms with Crippen molar-refractivity contribution in [1.29, 1.82) is 0 Å². The quantitative estimate of drug-likeness (QED) is 0.752. The van der Waals surface area contributed by atoms with Crippen LogP contribution in [0, 0.1) is 5.82 Å². The van der Waals surface area contributed by atoms with Gasteiger partial charge in [0.15, 0.2) is 11.6 Å². The lowest BCUT2D eigenvalue weighted by Crippen LogP contribution is -1.89. The van der Waals surface area contributed by atoms with E-state index < -0.39 is 5.82 Å². The van der Waals surface area contributed by atoms with Crippen LogP contribution in [-0.4, -0.2) is 20.6 Å². The molecule has 2 aromatic rings. The number of benzene rings is 1. The molecular weight excluding hydrogens is 175 g/mol. The highest BCUT2D eigenvalue weighted by Crippen LogP contribution is 2.19. The highest BCUT2D eigenvalue weighted by molar-refractivity contribution is 5.25. The molecule has 0 fully saturated rings. The average molecular weight is 180 g/mol. The van der Waals surface area contributed by atoms with Gasteiger partial charge in [0.25, 0.3) is 0 Å². The summed E-state index contributed by atoms with van der Waals surface area (Å²) in [4.78, 5) is 0. The molecule has 0 bridgehead atoms. The first-order chi connectivity index (χ1) is 6.36. The van der Waals surface area contributed by atoms with Gasteiger partial charge in [0.2, 0.25) is 0 Å². The van der Waals surface area contributed by atoms with Gasteiger partial charge in [0, 0.05) is 0 Å². The molecule has 0 unspecified atom stereocenters. The number of nitrogens with zero attached hydrogens (tertiary/aromatic N) is 3. The summed E-state index contributed by atoms with van der Waals surface area (Å²) in [6.45, 7) is 0. The van der Waals surface area contributed by atoms with Crippen molar-refractivity contribution in [1.82, 2.24) is 20.6 Å². The Hall–Kier alpha value is -1.98. The first-order valence-corrected chi connectivity index (χ1v) is 3.52. The standard InChI is InChI=1S/C7H5FN4O/c8-5-3-1-2-4-6(5)13-7-9-11-12-10-7/h1-4H,(H,9,10,11,12). The van der Waals surface area contributed by atoms with Gasteiger partial charge in [-0.15, -0.1) is 0 Å². The van der Waals surface area contributed by atoms with E-state index in [1.54, 1.807) is 12.1 Å². The molecule has 1 heterocycles. The number of aromatic amines is 1. The second kappa shape index (κ2) is 3.18. The smallest absolute Gasteiger partial charge is 0.361 e. The van der Waals surface area contributed by atoms with Gasteiger partial charge in [0.1, 0.15) is 0 Å². The topological polar surface area (TPSA) is 63.7 Å². The molecule has 1 aromatic heterocycles. The van der Waals surface area contributed by atoms with Gasteiger partial charge in [-0.25, -0.2) is 4.39 Å². The number of H-pyrrole nitrogens is 1. The molecule has 0 amide bonds. The molecule has 0 aliphatic rings. The normalized spacial score (nSPS) is 9.92. The summed E-state index contributed by atoms with van der Waals surface area (Å²) in [7, 11) is 0. The molecule has 66 valence electrons. The number of rotatable bonds is 2. The summed E-state index contributed by atoms with van der Waals surface area (Å²) >= 11 is 0. The van der Waals surface area contributed by atoms with Gasteiger partial charge in [-0.2, -0.15) is 5.21 Å². The molecule has 13 heavy (non-hydrogen) atoms. The summed E-state index contributed by atoms with van der Waals surface area (Å²) in [5, 5.41) is 12.5. The number of tetrazole rings is 1. The molecule has 6 heteroatoms. The largest absolute Gasteiger partial charge is 0.419 e. The molecule has 0 aliphatic heterocycles. The van der Waals surface area contributed by atoms with Crippen LogP contribution in [0.2, 0.25) is 0 Å². The highest BCUT2D eigenvalue weighted by Gasteiger charge is 2.05. The minimum absolute atomic E-state index is 0.00917. The van der Waals surface area contributed by atoms with E-state index in [1.807, 2.05) is 0 Å². The summed E-state index contributed by atoms with van der Waals surface area (Å²) in [5.74, 6) is -0.392. The van der Waals surface area contributed by atoms with Gasteiger partial charge in [-0.1, -0.05) is 22.3 Å². The molecule has 0 saturated heterocycles. The van der Waals surface area contributed by atoms with Crippen LogP contribution in [0.3, 0.4) is 0 Å². The lowest BCUT2D eigenvalue weighted by atomic mass is 10.3. The lowest BCUT2D eigenvalue weighted by Gasteiger charge is -1.99. The van der Waals surface area contributed by atoms with E-state index in [0.29, 0.717) is 0 Å². The molecule has 0 radical (unpaired) electrons. The molecular formula is C7H5FN4O. The Labute approximate surface area is 72.5 Å². The van der Waals surface area contributed by atoms with E-state index in [4.69, 9.17) is 4.74 Å². The van der Waals surface area contributed by atoms with E-state index in [2.05, 4.69) is 20.6 Å². The Bertz CT molecular complexity index is 389. The second-order valence-electron chi connectivity index (χ2n) is 2.23. The summed E-state index contributed by atoms with van der Waals surface area (Å²) < 4.78 is 17.9. The van der Waals surface area contributed by atoms with Gasteiger partial charge < -0.3 is 4.74 Å². The zero-order valence-electron chi connectivity index (χ0n) is 6.44. The monoisotopic (exact) mass is 180 g/mol. The molecule has 2 rings (SSSR count). The fourth-order valence-corrected chi connectivity index (χ4v) is 0.822. The lowest BCUT2D eigenvalue weighted by molar-refractivity contribution is 0.411. The predicted molar refractivity (Wildman–Crippen MR) is 40.7 cm³/mol. The van der Waals surface area contributed by atoms with Gasteiger partial charge in [-0.3, -0.25) is 0 Å². The maximum atomic E-state index is 13.0. The van der Waals surface area contributed by atoms with Crippen LogP contribution in [0.1, 0.15) is 0 Å². The minimum atomic E-state index is -0.465. The summed E-state index contributed by atoms with van der Waals surface area (Å²) in [6, 6.07) is 5.97. The Balaban J connectivity index is 2.24. The van der Waals surface area contributed by atoms with Crippen molar-refractivity contribution in [3.05, 3.63) is 30.1 Å². The van der Waals surface area contributed by atoms with E-state index in [9.17, 15) is 4.39 Å². The van der Waals surface area contributed by atoms with E-state index in [1.165, 1.54) is 12.1 Å². The van der Waals surface area contributed by atoms with Crippen LogP contribution in [-0.2, 0) is 0 Å². The highest BCUT2D eigenvalue weighted by atomic mass is 19.1. The molecule has 1 aromatic carbocycles. The number of nitrogens with one attached hydrogen (secondary N) is 1. The Morgan fingerprint density at radius 1 is 1.31 bits per heavy atom. The number of hydrogen-bond acceptors (Lipinski definition) is 4. The number of halogens is 1. The third kappa shape index (κ3) is 1.61. The second-order valence-corrected chi connectivity index (χ2v) is 2.23. The third-order valence-corrected chi connectivity index (χ3v) is 1.36. The van der Waals surface area contributed by atoms with Gasteiger partial charge in [-0.05, 0) is 17.3 Å². The number of para-hydroxylation sites is 1. The van der Waals surface area contributed by atoms with Crippen LogP contribution in [0.15, 0.2) is 24.3 Å². The van der Waals surface area contributed by atoms with Crippen molar-refractivity contribution in [3.8, 4) is 11.8 Å². The van der Waals surface area contributed by atoms with Crippen molar-refractivity contribution in [2.24, 2.45) is 0 Å². The SMILES string of the molecule is Fc1ccccc1Oc1nn[nH]n1. The molecule has 0 saturated carbocycles. The van der Waals surface area contributed by atoms with Gasteiger partial charge >= 0.3 is 6.01 Å². The minimum Gasteiger partial charge on any atom is -0.419 e. The molecule has 1 N–H and O–H groups in total. The first kappa shape index (κ1) is 7.66. The zero-order chi connectivity index (χ0) is 9.10. The zero-order valence-corrected chi connectivity index (χ0v) is 6.44. The number of aromatic nitrogens is 4. The number of hydrogen-bond donors (Lipinski definition) is 1. The van der Waals surface area contributed by atoms with Crippen LogP contribution in [0.5, 0.6) is 11.8 Å². The summed E-state index contributed by atoms with van der Waals surface area (Å²) in [6.07, 6.45) is 0.